The van der Waals surface area contributed by atoms with Crippen molar-refractivity contribution in [1.29, 1.82) is 0 Å². The van der Waals surface area contributed by atoms with Crippen LogP contribution in [0.3, 0.4) is 0 Å². The molecule has 1 unspecified atom stereocenters. The molecule has 2 aliphatic rings. The number of halogens is 1. The molecule has 1 atom stereocenters. The molecule has 1 aliphatic heterocycles. The lowest BCUT2D eigenvalue weighted by Gasteiger charge is -2.28. The lowest BCUT2D eigenvalue weighted by molar-refractivity contribution is 0.173. The number of likely N-dealkylation sites (tertiary alicyclic amines) is 1. The second-order valence-electron chi connectivity index (χ2n) is 7.10. The number of carbonyl (C=O) groups is 1. The lowest BCUT2D eigenvalue weighted by Crippen LogP contribution is -2.45. The normalized spacial score (nSPS) is 21.1. The molecule has 1 aromatic carbocycles. The highest BCUT2D eigenvalue weighted by molar-refractivity contribution is 5.75. The Labute approximate surface area is 151 Å². The van der Waals surface area contributed by atoms with Gasteiger partial charge in [-0.15, -0.1) is 0 Å². The SMILES string of the molecule is O=C(NC1CCCCC1)N1CCCC1c1nc(-c2cccc(F)c2)no1. The van der Waals surface area contributed by atoms with E-state index in [4.69, 9.17) is 4.52 Å². The summed E-state index contributed by atoms with van der Waals surface area (Å²) in [6.45, 7) is 0.681. The number of hydrogen-bond donors (Lipinski definition) is 1. The first-order chi connectivity index (χ1) is 12.7. The summed E-state index contributed by atoms with van der Waals surface area (Å²) in [6, 6.07) is 6.09. The number of aromatic nitrogens is 2. The van der Waals surface area contributed by atoms with Crippen LogP contribution in [0.4, 0.5) is 9.18 Å². The molecular formula is C19H23FN4O2. The average molecular weight is 358 g/mol. The maximum absolute atomic E-state index is 13.4. The summed E-state index contributed by atoms with van der Waals surface area (Å²) in [4.78, 5) is 18.9. The second kappa shape index (κ2) is 7.43. The van der Waals surface area contributed by atoms with Crippen molar-refractivity contribution < 1.29 is 13.7 Å². The van der Waals surface area contributed by atoms with Gasteiger partial charge < -0.3 is 14.7 Å². The Morgan fingerprint density at radius 3 is 2.85 bits per heavy atom. The van der Waals surface area contributed by atoms with Gasteiger partial charge in [-0.1, -0.05) is 36.6 Å². The van der Waals surface area contributed by atoms with E-state index in [1.165, 1.54) is 31.4 Å². The van der Waals surface area contributed by atoms with Crippen molar-refractivity contribution in [3.63, 3.8) is 0 Å². The third kappa shape index (κ3) is 3.57. The molecule has 6 nitrogen and oxygen atoms in total. The number of urea groups is 1. The molecule has 0 bridgehead atoms. The molecule has 1 aliphatic carbocycles. The van der Waals surface area contributed by atoms with Gasteiger partial charge >= 0.3 is 6.03 Å². The summed E-state index contributed by atoms with van der Waals surface area (Å²) in [7, 11) is 0. The van der Waals surface area contributed by atoms with Crippen molar-refractivity contribution in [3.05, 3.63) is 36.0 Å². The minimum atomic E-state index is -0.344. The van der Waals surface area contributed by atoms with Crippen molar-refractivity contribution in [2.24, 2.45) is 0 Å². The van der Waals surface area contributed by atoms with Crippen LogP contribution in [0.1, 0.15) is 56.9 Å². The number of benzene rings is 1. The van der Waals surface area contributed by atoms with Crippen LogP contribution in [0.15, 0.2) is 28.8 Å². The van der Waals surface area contributed by atoms with Crippen LogP contribution in [-0.4, -0.2) is 33.7 Å². The van der Waals surface area contributed by atoms with Gasteiger partial charge in [-0.25, -0.2) is 9.18 Å². The Hall–Kier alpha value is -2.44. The molecule has 1 saturated carbocycles. The average Bonchev–Trinajstić information content (AvgIpc) is 3.32. The molecule has 7 heteroatoms. The Bertz CT molecular complexity index is 772. The van der Waals surface area contributed by atoms with Gasteiger partial charge in [0.05, 0.1) is 0 Å². The van der Waals surface area contributed by atoms with Gasteiger partial charge in [-0.3, -0.25) is 0 Å². The van der Waals surface area contributed by atoms with E-state index in [9.17, 15) is 9.18 Å². The zero-order valence-electron chi connectivity index (χ0n) is 14.7. The van der Waals surface area contributed by atoms with Crippen LogP contribution < -0.4 is 5.32 Å². The van der Waals surface area contributed by atoms with Crippen molar-refractivity contribution in [1.82, 2.24) is 20.4 Å². The van der Waals surface area contributed by atoms with E-state index in [0.717, 1.165) is 25.7 Å². The highest BCUT2D eigenvalue weighted by atomic mass is 19.1. The third-order valence-electron chi connectivity index (χ3n) is 5.26. The molecule has 0 spiro atoms. The van der Waals surface area contributed by atoms with E-state index in [0.29, 0.717) is 23.8 Å². The Morgan fingerprint density at radius 2 is 2.04 bits per heavy atom. The summed E-state index contributed by atoms with van der Waals surface area (Å²) in [6.07, 6.45) is 7.40. The zero-order chi connectivity index (χ0) is 17.9. The molecule has 138 valence electrons. The first-order valence-corrected chi connectivity index (χ1v) is 9.37. The molecule has 1 aromatic heterocycles. The molecule has 2 amide bonds. The van der Waals surface area contributed by atoms with Crippen LogP contribution in [0, 0.1) is 5.82 Å². The first kappa shape index (κ1) is 17.0. The molecule has 4 rings (SSSR count). The molecule has 2 fully saturated rings. The quantitative estimate of drug-likeness (QED) is 0.898. The fourth-order valence-corrected chi connectivity index (χ4v) is 3.89. The lowest BCUT2D eigenvalue weighted by atomic mass is 9.96. The predicted octanol–water partition coefficient (Wildman–Crippen LogP) is 4.05. The number of nitrogens with zero attached hydrogens (tertiary/aromatic N) is 3. The van der Waals surface area contributed by atoms with Crippen LogP contribution in [0.5, 0.6) is 0 Å². The number of rotatable bonds is 3. The van der Waals surface area contributed by atoms with E-state index in [1.807, 2.05) is 0 Å². The monoisotopic (exact) mass is 358 g/mol. The molecule has 1 N–H and O–H groups in total. The summed E-state index contributed by atoms with van der Waals surface area (Å²) < 4.78 is 18.8. The predicted molar refractivity (Wildman–Crippen MR) is 93.8 cm³/mol. The van der Waals surface area contributed by atoms with E-state index in [2.05, 4.69) is 15.5 Å². The minimum absolute atomic E-state index is 0.0510. The van der Waals surface area contributed by atoms with Crippen molar-refractivity contribution >= 4 is 6.03 Å². The third-order valence-corrected chi connectivity index (χ3v) is 5.26. The summed E-state index contributed by atoms with van der Waals surface area (Å²) in [5.74, 6) is 0.419. The standard InChI is InChI=1S/C19H23FN4O2/c20-14-7-4-6-13(12-14)17-22-18(26-23-17)16-10-5-11-24(16)19(25)21-15-8-2-1-3-9-15/h4,6-7,12,15-16H,1-3,5,8-11H2,(H,21,25). The van der Waals surface area contributed by atoms with E-state index >= 15 is 0 Å². The van der Waals surface area contributed by atoms with Crippen molar-refractivity contribution in [2.75, 3.05) is 6.54 Å². The molecule has 1 saturated heterocycles. The number of hydrogen-bond acceptors (Lipinski definition) is 4. The second-order valence-corrected chi connectivity index (χ2v) is 7.10. The van der Waals surface area contributed by atoms with Gasteiger partial charge in [0.2, 0.25) is 11.7 Å². The smallest absolute Gasteiger partial charge is 0.318 e. The van der Waals surface area contributed by atoms with Crippen LogP contribution >= 0.6 is 0 Å². The zero-order valence-corrected chi connectivity index (χ0v) is 14.7. The minimum Gasteiger partial charge on any atom is -0.337 e. The van der Waals surface area contributed by atoms with E-state index in [1.54, 1.807) is 17.0 Å². The molecule has 2 heterocycles. The Balaban J connectivity index is 1.47. The van der Waals surface area contributed by atoms with Gasteiger partial charge in [-0.2, -0.15) is 4.98 Å². The number of carbonyl (C=O) groups excluding carboxylic acids is 1. The number of amides is 2. The Morgan fingerprint density at radius 1 is 1.19 bits per heavy atom. The van der Waals surface area contributed by atoms with Crippen LogP contribution in [0.2, 0.25) is 0 Å². The topological polar surface area (TPSA) is 71.3 Å². The Kier molecular flexibility index (Phi) is 4.86. The highest BCUT2D eigenvalue weighted by Crippen LogP contribution is 2.32. The fraction of sp³-hybridized carbons (Fsp3) is 0.526. The van der Waals surface area contributed by atoms with Gasteiger partial charge in [-0.05, 0) is 37.8 Å². The first-order valence-electron chi connectivity index (χ1n) is 9.37. The van der Waals surface area contributed by atoms with Gasteiger partial charge in [0, 0.05) is 18.2 Å². The van der Waals surface area contributed by atoms with Crippen molar-refractivity contribution in [2.45, 2.75) is 57.0 Å². The van der Waals surface area contributed by atoms with Crippen LogP contribution in [0.25, 0.3) is 11.4 Å². The molecule has 0 radical (unpaired) electrons. The summed E-state index contributed by atoms with van der Waals surface area (Å²) in [5, 5.41) is 7.12. The summed E-state index contributed by atoms with van der Waals surface area (Å²) in [5.41, 5.74) is 0.566. The van der Waals surface area contributed by atoms with E-state index < -0.39 is 0 Å². The fourth-order valence-electron chi connectivity index (χ4n) is 3.89. The van der Waals surface area contributed by atoms with Gasteiger partial charge in [0.1, 0.15) is 11.9 Å². The van der Waals surface area contributed by atoms with Crippen LogP contribution in [-0.2, 0) is 0 Å². The molecule has 2 aromatic rings. The van der Waals surface area contributed by atoms with Gasteiger partial charge in [0.25, 0.3) is 0 Å². The molecular weight excluding hydrogens is 335 g/mol. The maximum atomic E-state index is 13.4. The van der Waals surface area contributed by atoms with Gasteiger partial charge in [0.15, 0.2) is 0 Å². The van der Waals surface area contributed by atoms with E-state index in [-0.39, 0.29) is 23.9 Å². The molecule has 26 heavy (non-hydrogen) atoms. The largest absolute Gasteiger partial charge is 0.337 e. The summed E-state index contributed by atoms with van der Waals surface area (Å²) >= 11 is 0. The number of nitrogens with one attached hydrogen (secondary N) is 1. The highest BCUT2D eigenvalue weighted by Gasteiger charge is 2.35. The van der Waals surface area contributed by atoms with Crippen molar-refractivity contribution in [3.8, 4) is 11.4 Å². The maximum Gasteiger partial charge on any atom is 0.318 e.